The van der Waals surface area contributed by atoms with Crippen molar-refractivity contribution in [1.29, 1.82) is 0 Å². The molecular weight excluding hydrogens is 417 g/mol. The lowest BCUT2D eigenvalue weighted by atomic mass is 10.1. The Morgan fingerprint density at radius 1 is 1.22 bits per heavy atom. The van der Waals surface area contributed by atoms with Gasteiger partial charge in [-0.05, 0) is 18.4 Å². The monoisotopic (exact) mass is 443 g/mol. The van der Waals surface area contributed by atoms with Gasteiger partial charge in [0, 0.05) is 6.04 Å². The summed E-state index contributed by atoms with van der Waals surface area (Å²) in [7, 11) is 0. The highest BCUT2D eigenvalue weighted by atomic mass is 19.1. The van der Waals surface area contributed by atoms with E-state index in [0.29, 0.717) is 16.9 Å². The molecule has 32 heavy (non-hydrogen) atoms. The summed E-state index contributed by atoms with van der Waals surface area (Å²) < 4.78 is 22.3. The van der Waals surface area contributed by atoms with Crippen molar-refractivity contribution >= 4 is 17.0 Å². The third-order valence-electron chi connectivity index (χ3n) is 6.35. The highest BCUT2D eigenvalue weighted by molar-refractivity contribution is 5.83. The lowest BCUT2D eigenvalue weighted by Gasteiger charge is -2.25. The number of aromatic nitrogens is 4. The molecule has 0 bridgehead atoms. The minimum atomic E-state index is -2.36. The van der Waals surface area contributed by atoms with Crippen LogP contribution in [-0.2, 0) is 10.5 Å². The van der Waals surface area contributed by atoms with E-state index in [9.17, 15) is 15.3 Å². The van der Waals surface area contributed by atoms with E-state index in [4.69, 9.17) is 4.74 Å². The minimum absolute atomic E-state index is 0.0988. The Balaban J connectivity index is 1.62. The lowest BCUT2D eigenvalue weighted by molar-refractivity contribution is -0.0462. The van der Waals surface area contributed by atoms with E-state index in [-0.39, 0.29) is 17.5 Å². The molecule has 3 aromatic rings. The molecule has 0 spiro atoms. The second-order valence-corrected chi connectivity index (χ2v) is 8.45. The Kier molecular flexibility index (Phi) is 5.54. The van der Waals surface area contributed by atoms with Gasteiger partial charge >= 0.3 is 0 Å². The van der Waals surface area contributed by atoms with Gasteiger partial charge in [0.15, 0.2) is 22.8 Å². The van der Waals surface area contributed by atoms with Crippen LogP contribution in [0.2, 0.25) is 0 Å². The summed E-state index contributed by atoms with van der Waals surface area (Å²) in [6.45, 7) is -0.974. The smallest absolute Gasteiger partial charge is 0.240 e. The average Bonchev–Trinajstić information content (AvgIpc) is 3.54. The summed E-state index contributed by atoms with van der Waals surface area (Å²) in [6.07, 6.45) is 1.67. The van der Waals surface area contributed by atoms with Gasteiger partial charge in [0.05, 0.1) is 12.9 Å². The standard InChI is InChI=1S/C22H26FN5O4/c23-22(11-32-15(10-29)18(22)31)28-12-24-16-19(25-14-8-4-5-9-14)26-20(27-21(16)28)17(30)13-6-2-1-3-7-13/h1-3,6-7,12,14-15,17-18,29-31H,4-5,8-11H2,(H,25,26,27)/t15-,17?,18-,22-/m1/s1. The molecule has 1 aliphatic heterocycles. The van der Waals surface area contributed by atoms with Crippen LogP contribution in [0.15, 0.2) is 36.7 Å². The molecule has 9 nitrogen and oxygen atoms in total. The normalized spacial score (nSPS) is 27.2. The molecule has 2 fully saturated rings. The first-order valence-electron chi connectivity index (χ1n) is 10.9. The molecule has 4 N–H and O–H groups in total. The third kappa shape index (κ3) is 3.53. The van der Waals surface area contributed by atoms with E-state index in [1.807, 2.05) is 6.07 Å². The second kappa shape index (κ2) is 8.36. The Bertz CT molecular complexity index is 1090. The van der Waals surface area contributed by atoms with Crippen LogP contribution in [0.1, 0.15) is 43.2 Å². The van der Waals surface area contributed by atoms with Crippen LogP contribution in [-0.4, -0.2) is 66.3 Å². The summed E-state index contributed by atoms with van der Waals surface area (Å²) in [4.78, 5) is 13.3. The van der Waals surface area contributed by atoms with Crippen molar-refractivity contribution in [3.63, 3.8) is 0 Å². The zero-order valence-corrected chi connectivity index (χ0v) is 17.4. The van der Waals surface area contributed by atoms with Gasteiger partial charge in [-0.1, -0.05) is 43.2 Å². The Labute approximate surface area is 183 Å². The zero-order chi connectivity index (χ0) is 22.3. The van der Waals surface area contributed by atoms with Crippen molar-refractivity contribution < 1.29 is 24.4 Å². The molecule has 5 rings (SSSR count). The number of rotatable bonds is 6. The number of hydrogen-bond donors (Lipinski definition) is 4. The van der Waals surface area contributed by atoms with Crippen molar-refractivity contribution in [3.8, 4) is 0 Å². The van der Waals surface area contributed by atoms with Crippen LogP contribution >= 0.6 is 0 Å². The van der Waals surface area contributed by atoms with E-state index in [0.717, 1.165) is 30.3 Å². The van der Waals surface area contributed by atoms with Crippen molar-refractivity contribution in [2.24, 2.45) is 0 Å². The van der Waals surface area contributed by atoms with Crippen molar-refractivity contribution in [2.75, 3.05) is 18.5 Å². The van der Waals surface area contributed by atoms with Gasteiger partial charge in [0.25, 0.3) is 0 Å². The predicted molar refractivity (Wildman–Crippen MR) is 114 cm³/mol. The van der Waals surface area contributed by atoms with Gasteiger partial charge in [-0.3, -0.25) is 4.57 Å². The van der Waals surface area contributed by atoms with Gasteiger partial charge in [0.1, 0.15) is 24.9 Å². The van der Waals surface area contributed by atoms with E-state index < -0.39 is 37.3 Å². The van der Waals surface area contributed by atoms with Crippen LogP contribution in [0.25, 0.3) is 11.2 Å². The van der Waals surface area contributed by atoms with E-state index in [2.05, 4.69) is 20.3 Å². The molecule has 2 aliphatic rings. The summed E-state index contributed by atoms with van der Waals surface area (Å²) in [5.74, 6) is -1.85. The molecule has 1 aliphatic carbocycles. The van der Waals surface area contributed by atoms with Gasteiger partial charge < -0.3 is 25.4 Å². The van der Waals surface area contributed by atoms with E-state index >= 15 is 4.39 Å². The molecule has 1 saturated heterocycles. The molecule has 1 aromatic carbocycles. The van der Waals surface area contributed by atoms with Crippen molar-refractivity contribution in [3.05, 3.63) is 48.0 Å². The second-order valence-electron chi connectivity index (χ2n) is 8.45. The highest BCUT2D eigenvalue weighted by Gasteiger charge is 2.52. The zero-order valence-electron chi connectivity index (χ0n) is 17.4. The summed E-state index contributed by atoms with van der Waals surface area (Å²) in [5, 5.41) is 34.2. The number of fused-ring (bicyclic) bond motifs is 1. The number of aliphatic hydroxyl groups excluding tert-OH is 3. The van der Waals surface area contributed by atoms with Gasteiger partial charge in [0.2, 0.25) is 5.79 Å². The minimum Gasteiger partial charge on any atom is -0.394 e. The van der Waals surface area contributed by atoms with Crippen LogP contribution in [0.5, 0.6) is 0 Å². The largest absolute Gasteiger partial charge is 0.394 e. The number of alkyl halides is 1. The fourth-order valence-electron chi connectivity index (χ4n) is 4.51. The molecule has 1 unspecified atom stereocenters. The van der Waals surface area contributed by atoms with Crippen LogP contribution < -0.4 is 5.32 Å². The topological polar surface area (TPSA) is 126 Å². The molecule has 0 amide bonds. The molecule has 2 aromatic heterocycles. The summed E-state index contributed by atoms with van der Waals surface area (Å²) in [6, 6.07) is 9.17. The Hall–Kier alpha value is -2.66. The molecule has 170 valence electrons. The summed E-state index contributed by atoms with van der Waals surface area (Å²) >= 11 is 0. The van der Waals surface area contributed by atoms with E-state index in [1.165, 1.54) is 6.33 Å². The molecule has 3 heterocycles. The highest BCUT2D eigenvalue weighted by Crippen LogP contribution is 2.37. The number of halogens is 1. The maximum Gasteiger partial charge on any atom is 0.240 e. The average molecular weight is 443 g/mol. The van der Waals surface area contributed by atoms with Crippen LogP contribution in [0, 0.1) is 0 Å². The number of nitrogens with one attached hydrogen (secondary N) is 1. The number of imidazole rings is 1. The maximum atomic E-state index is 15.9. The van der Waals surface area contributed by atoms with Gasteiger partial charge in [-0.25, -0.2) is 19.3 Å². The number of benzene rings is 1. The first kappa shape index (κ1) is 21.2. The third-order valence-corrected chi connectivity index (χ3v) is 6.35. The maximum absolute atomic E-state index is 15.9. The number of hydrogen-bond acceptors (Lipinski definition) is 8. The van der Waals surface area contributed by atoms with Crippen LogP contribution in [0.4, 0.5) is 10.2 Å². The molecule has 1 saturated carbocycles. The van der Waals surface area contributed by atoms with Crippen molar-refractivity contribution in [1.82, 2.24) is 19.5 Å². The quantitative estimate of drug-likeness (QED) is 0.453. The van der Waals surface area contributed by atoms with Gasteiger partial charge in [-0.2, -0.15) is 0 Å². The van der Waals surface area contributed by atoms with Crippen LogP contribution in [0.3, 0.4) is 0 Å². The summed E-state index contributed by atoms with van der Waals surface area (Å²) in [5.41, 5.74) is 1.08. The van der Waals surface area contributed by atoms with Crippen molar-refractivity contribution in [2.45, 2.75) is 55.8 Å². The Morgan fingerprint density at radius 2 is 1.97 bits per heavy atom. The molecule has 4 atom stereocenters. The number of ether oxygens (including phenoxy) is 1. The number of nitrogens with zero attached hydrogens (tertiary/aromatic N) is 4. The fourth-order valence-corrected chi connectivity index (χ4v) is 4.51. The molecule has 10 heteroatoms. The molecular formula is C22H26FN5O4. The Morgan fingerprint density at radius 3 is 2.66 bits per heavy atom. The SMILES string of the molecule is OC[C@H]1OC[C@@](F)(n2cnc3c(NC4CCCC4)nc(C(O)c4ccccc4)nc32)[C@@H]1O. The number of aliphatic hydroxyl groups is 3. The first-order valence-corrected chi connectivity index (χ1v) is 10.9. The van der Waals surface area contributed by atoms with E-state index in [1.54, 1.807) is 24.3 Å². The number of anilines is 1. The van der Waals surface area contributed by atoms with Gasteiger partial charge in [-0.15, -0.1) is 0 Å². The fraction of sp³-hybridized carbons (Fsp3) is 0.500. The first-order chi connectivity index (χ1) is 15.5. The lowest BCUT2D eigenvalue weighted by Crippen LogP contribution is -2.43. The molecule has 0 radical (unpaired) electrons. The predicted octanol–water partition coefficient (Wildman–Crippen LogP) is 1.64.